The van der Waals surface area contributed by atoms with E-state index in [2.05, 4.69) is 124 Å². The molecule has 0 bridgehead atoms. The smallest absolute Gasteiger partial charge is 0.218 e. The minimum absolute atomic E-state index is 0.270. The van der Waals surface area contributed by atoms with E-state index in [0.717, 1.165) is 35.6 Å². The third kappa shape index (κ3) is 4.70. The van der Waals surface area contributed by atoms with Crippen LogP contribution in [0, 0.1) is 12.3 Å². The van der Waals surface area contributed by atoms with Gasteiger partial charge in [0.05, 0.1) is 12.0 Å². The van der Waals surface area contributed by atoms with Gasteiger partial charge >= 0.3 is 0 Å². The molecule has 4 rings (SSSR count). The number of pyridine rings is 1. The van der Waals surface area contributed by atoms with Crippen LogP contribution in [0.2, 0.25) is 0 Å². The number of allylic oxidation sites excluding steroid dienone is 1. The van der Waals surface area contributed by atoms with Gasteiger partial charge in [-0.2, -0.15) is 4.57 Å². The van der Waals surface area contributed by atoms with Crippen molar-refractivity contribution in [2.24, 2.45) is 10.4 Å². The summed E-state index contributed by atoms with van der Waals surface area (Å²) in [7, 11) is 0. The molecule has 0 aliphatic carbocycles. The first kappa shape index (κ1) is 25.4. The number of fused-ring (bicyclic) bond motifs is 3. The number of aromatic nitrogens is 1. The molecule has 0 fully saturated rings. The minimum atomic E-state index is -0.458. The lowest BCUT2D eigenvalue weighted by molar-refractivity contribution is -0.571. The maximum absolute atomic E-state index is 4.80. The molecule has 1 N–H and O–H groups in total. The van der Waals surface area contributed by atoms with Gasteiger partial charge < -0.3 is 5.32 Å². The molecule has 0 radical (unpaired) electrons. The van der Waals surface area contributed by atoms with E-state index in [4.69, 9.17) is 4.99 Å². The maximum Gasteiger partial charge on any atom is 0.218 e. The zero-order valence-corrected chi connectivity index (χ0v) is 22.1. The lowest BCUT2D eigenvalue weighted by Gasteiger charge is -2.45. The Hall–Kier alpha value is -3.72. The topological polar surface area (TPSA) is 28.3 Å². The Balaban J connectivity index is 1.78. The number of para-hydroxylation sites is 1. The lowest BCUT2D eigenvalue weighted by Crippen LogP contribution is -2.47. The summed E-state index contributed by atoms with van der Waals surface area (Å²) in [6, 6.07) is 23.3. The SMILES string of the molecule is C=NC1(C)CC(=C)[n+]2ccccc2-c2ccccc2CCC1(C)/C(C)=C/C(=C)Nc1ccccc1C. The van der Waals surface area contributed by atoms with Crippen molar-refractivity contribution >= 4 is 18.1 Å². The highest BCUT2D eigenvalue weighted by molar-refractivity contribution is 5.63. The molecule has 1 aliphatic rings. The van der Waals surface area contributed by atoms with Crippen molar-refractivity contribution in [1.82, 2.24) is 0 Å². The first-order valence-corrected chi connectivity index (χ1v) is 12.6. The number of hydrogen-bond donors (Lipinski definition) is 1. The summed E-state index contributed by atoms with van der Waals surface area (Å²) in [5.41, 5.74) is 8.38. The van der Waals surface area contributed by atoms with Crippen LogP contribution in [0.5, 0.6) is 0 Å². The normalized spacial score (nSPS) is 22.2. The van der Waals surface area contributed by atoms with Gasteiger partial charge in [0.25, 0.3) is 0 Å². The number of nitrogens with one attached hydrogen (secondary N) is 1. The average Bonchev–Trinajstić information content (AvgIpc) is 2.88. The Morgan fingerprint density at radius 2 is 1.72 bits per heavy atom. The maximum atomic E-state index is 4.80. The molecule has 2 atom stereocenters. The Kier molecular flexibility index (Phi) is 7.12. The quantitative estimate of drug-likeness (QED) is 0.227. The van der Waals surface area contributed by atoms with Crippen LogP contribution in [0.25, 0.3) is 17.0 Å². The molecule has 3 nitrogen and oxygen atoms in total. The molecule has 2 aromatic carbocycles. The van der Waals surface area contributed by atoms with Crippen LogP contribution >= 0.6 is 0 Å². The van der Waals surface area contributed by atoms with E-state index in [1.54, 1.807) is 0 Å². The van der Waals surface area contributed by atoms with E-state index in [0.29, 0.717) is 6.42 Å². The highest BCUT2D eigenvalue weighted by Gasteiger charge is 2.47. The predicted molar refractivity (Wildman–Crippen MR) is 154 cm³/mol. The predicted octanol–water partition coefficient (Wildman–Crippen LogP) is 7.79. The number of aryl methyl sites for hydroxylation is 2. The number of aliphatic imine (C=N–C) groups is 1. The zero-order valence-electron chi connectivity index (χ0n) is 22.1. The number of anilines is 1. The zero-order chi connectivity index (χ0) is 25.9. The molecule has 0 saturated carbocycles. The average molecular weight is 477 g/mol. The van der Waals surface area contributed by atoms with Crippen molar-refractivity contribution in [2.45, 2.75) is 52.5 Å². The summed E-state index contributed by atoms with van der Waals surface area (Å²) < 4.78 is 2.21. The highest BCUT2D eigenvalue weighted by atomic mass is 15.0. The second-order valence-electron chi connectivity index (χ2n) is 10.4. The van der Waals surface area contributed by atoms with Crippen LogP contribution in [0.1, 0.15) is 44.7 Å². The molecule has 2 unspecified atom stereocenters. The summed E-state index contributed by atoms with van der Waals surface area (Å²) in [6.07, 6.45) is 6.84. The Morgan fingerprint density at radius 1 is 1.03 bits per heavy atom. The fraction of sp³-hybridized carbons (Fsp3) is 0.273. The number of hydrogen-bond acceptors (Lipinski definition) is 2. The second kappa shape index (κ2) is 10.1. The molecule has 1 aromatic heterocycles. The molecule has 184 valence electrons. The van der Waals surface area contributed by atoms with E-state index in [9.17, 15) is 0 Å². The number of benzene rings is 2. The van der Waals surface area contributed by atoms with Crippen LogP contribution in [0.3, 0.4) is 0 Å². The Morgan fingerprint density at radius 3 is 2.47 bits per heavy atom. The van der Waals surface area contributed by atoms with E-state index >= 15 is 0 Å². The second-order valence-corrected chi connectivity index (χ2v) is 10.4. The van der Waals surface area contributed by atoms with Crippen LogP contribution in [0.15, 0.2) is 108 Å². The van der Waals surface area contributed by atoms with Gasteiger partial charge in [-0.3, -0.25) is 4.99 Å². The Labute approximate surface area is 216 Å². The molecule has 2 heterocycles. The summed E-state index contributed by atoms with van der Waals surface area (Å²) in [5, 5.41) is 3.49. The molecule has 3 aromatic rings. The molecule has 0 saturated heterocycles. The standard InChI is InChI=1S/C33H38N3/c1-24-14-8-11-17-30(24)35-26(3)22-25(2)32(5)20-19-28-15-9-10-16-29(28)31-18-12-13-21-36(31)27(4)23-33(32,6)34-7/h8-18,21-22,35H,3-4,7,19-20,23H2,1-2,5-6H3/q+1/b25-22+. The first-order valence-electron chi connectivity index (χ1n) is 12.6. The van der Waals surface area contributed by atoms with Gasteiger partial charge in [0, 0.05) is 34.5 Å². The summed E-state index contributed by atoms with van der Waals surface area (Å²) in [6.45, 7) is 21.8. The highest BCUT2D eigenvalue weighted by Crippen LogP contribution is 2.49. The van der Waals surface area contributed by atoms with Crippen LogP contribution in [-0.4, -0.2) is 12.3 Å². The van der Waals surface area contributed by atoms with E-state index in [1.165, 1.54) is 22.3 Å². The van der Waals surface area contributed by atoms with Crippen molar-refractivity contribution in [2.75, 3.05) is 5.32 Å². The number of rotatable bonds is 5. The van der Waals surface area contributed by atoms with Gasteiger partial charge in [-0.15, -0.1) is 0 Å². The summed E-state index contributed by atoms with van der Waals surface area (Å²) in [4.78, 5) is 4.80. The summed E-state index contributed by atoms with van der Waals surface area (Å²) >= 11 is 0. The molecule has 0 amide bonds. The third-order valence-corrected chi connectivity index (χ3v) is 8.18. The first-order chi connectivity index (χ1) is 17.2. The van der Waals surface area contributed by atoms with Crippen LogP contribution < -0.4 is 9.88 Å². The number of nitrogens with zero attached hydrogens (tertiary/aromatic N) is 2. The van der Waals surface area contributed by atoms with Crippen molar-refractivity contribution in [3.8, 4) is 11.3 Å². The minimum Gasteiger partial charge on any atom is -0.356 e. The van der Waals surface area contributed by atoms with Gasteiger partial charge in [-0.05, 0) is 82.3 Å². The summed E-state index contributed by atoms with van der Waals surface area (Å²) in [5.74, 6) is 0. The van der Waals surface area contributed by atoms with Gasteiger partial charge in [-0.25, -0.2) is 0 Å². The van der Waals surface area contributed by atoms with Crippen LogP contribution in [0.4, 0.5) is 5.69 Å². The lowest BCUT2D eigenvalue weighted by atomic mass is 9.62. The molecule has 0 spiro atoms. The molecular weight excluding hydrogens is 438 g/mol. The fourth-order valence-electron chi connectivity index (χ4n) is 5.45. The Bertz CT molecular complexity index is 1350. The van der Waals surface area contributed by atoms with E-state index in [-0.39, 0.29) is 5.41 Å². The van der Waals surface area contributed by atoms with Gasteiger partial charge in [0.15, 0.2) is 11.9 Å². The van der Waals surface area contributed by atoms with Crippen molar-refractivity contribution in [1.29, 1.82) is 0 Å². The molecular formula is C33H38N3+. The molecule has 1 aliphatic heterocycles. The van der Waals surface area contributed by atoms with Gasteiger partial charge in [0.2, 0.25) is 5.69 Å². The van der Waals surface area contributed by atoms with Crippen molar-refractivity contribution < 1.29 is 4.57 Å². The van der Waals surface area contributed by atoms with E-state index < -0.39 is 5.54 Å². The van der Waals surface area contributed by atoms with Gasteiger partial charge in [0.1, 0.15) is 0 Å². The third-order valence-electron chi connectivity index (χ3n) is 8.18. The fourth-order valence-corrected chi connectivity index (χ4v) is 5.45. The van der Waals surface area contributed by atoms with Crippen molar-refractivity contribution in [3.05, 3.63) is 115 Å². The molecule has 3 heteroatoms. The monoisotopic (exact) mass is 476 g/mol. The van der Waals surface area contributed by atoms with Crippen molar-refractivity contribution in [3.63, 3.8) is 0 Å². The largest absolute Gasteiger partial charge is 0.356 e. The van der Waals surface area contributed by atoms with E-state index in [1.807, 2.05) is 12.1 Å². The molecule has 36 heavy (non-hydrogen) atoms. The van der Waals surface area contributed by atoms with Gasteiger partial charge in [-0.1, -0.05) is 55.5 Å². The van der Waals surface area contributed by atoms with Crippen LogP contribution in [-0.2, 0) is 6.42 Å².